The molecule has 31 heavy (non-hydrogen) atoms. The van der Waals surface area contributed by atoms with Crippen molar-refractivity contribution in [2.45, 2.75) is 4.90 Å². The average molecular weight is 464 g/mol. The van der Waals surface area contributed by atoms with Gasteiger partial charge in [-0.3, -0.25) is 9.69 Å². The smallest absolute Gasteiger partial charge is 0.266 e. The van der Waals surface area contributed by atoms with Crippen LogP contribution in [0.15, 0.2) is 47.4 Å². The number of hydrogen-bond donors (Lipinski definition) is 0. The molecule has 0 aliphatic carbocycles. The molecule has 3 aromatic rings. The fourth-order valence-corrected chi connectivity index (χ4v) is 4.84. The van der Waals surface area contributed by atoms with Gasteiger partial charge in [-0.2, -0.15) is 0 Å². The first kappa shape index (κ1) is 23.0. The first-order valence-electron chi connectivity index (χ1n) is 9.51. The van der Waals surface area contributed by atoms with E-state index in [1.807, 2.05) is 25.1 Å². The molecular weight excluding hydrogens is 438 g/mol. The van der Waals surface area contributed by atoms with Crippen LogP contribution in [0.3, 0.4) is 0 Å². The Balaban J connectivity index is 1.91. The van der Waals surface area contributed by atoms with Crippen molar-refractivity contribution in [3.05, 3.63) is 42.5 Å². The van der Waals surface area contributed by atoms with E-state index >= 15 is 0 Å². The lowest BCUT2D eigenvalue weighted by Gasteiger charge is -2.22. The van der Waals surface area contributed by atoms with E-state index in [1.54, 1.807) is 30.3 Å². The summed E-state index contributed by atoms with van der Waals surface area (Å²) in [5.74, 6) is 0.718. The van der Waals surface area contributed by atoms with Crippen molar-refractivity contribution in [1.29, 1.82) is 0 Å². The molecular formula is C21H25N3O5S2. The molecule has 3 rings (SSSR count). The van der Waals surface area contributed by atoms with Crippen LogP contribution in [0.5, 0.6) is 11.5 Å². The summed E-state index contributed by atoms with van der Waals surface area (Å²) in [4.78, 5) is 21.2. The normalized spacial score (nSPS) is 11.6. The monoisotopic (exact) mass is 463 g/mol. The second-order valence-corrected chi connectivity index (χ2v) is 10.2. The second kappa shape index (κ2) is 9.63. The number of benzene rings is 2. The van der Waals surface area contributed by atoms with Crippen molar-refractivity contribution in [3.63, 3.8) is 0 Å². The van der Waals surface area contributed by atoms with Crippen LogP contribution in [0.4, 0.5) is 5.13 Å². The number of para-hydroxylation sites is 3. The predicted octanol–water partition coefficient (Wildman–Crippen LogP) is 2.68. The van der Waals surface area contributed by atoms with Crippen molar-refractivity contribution in [2.24, 2.45) is 0 Å². The molecule has 0 fully saturated rings. The van der Waals surface area contributed by atoms with Crippen LogP contribution < -0.4 is 14.4 Å². The Morgan fingerprint density at radius 2 is 1.77 bits per heavy atom. The summed E-state index contributed by atoms with van der Waals surface area (Å²) < 4.78 is 35.9. The van der Waals surface area contributed by atoms with Gasteiger partial charge in [-0.05, 0) is 38.4 Å². The number of methoxy groups -OCH3 is 1. The number of ether oxygens (including phenoxy) is 2. The van der Waals surface area contributed by atoms with Crippen molar-refractivity contribution >= 4 is 42.4 Å². The van der Waals surface area contributed by atoms with Gasteiger partial charge >= 0.3 is 0 Å². The van der Waals surface area contributed by atoms with Gasteiger partial charge in [0.2, 0.25) is 0 Å². The molecule has 0 saturated carbocycles. The van der Waals surface area contributed by atoms with Crippen LogP contribution in [-0.4, -0.2) is 71.4 Å². The SMILES string of the molecule is COc1ccccc1OCC(=O)N(CCN(C)C)c1nc2c(S(C)(=O)=O)cccc2s1. The summed E-state index contributed by atoms with van der Waals surface area (Å²) >= 11 is 1.28. The Kier molecular flexibility index (Phi) is 7.14. The first-order chi connectivity index (χ1) is 14.7. The third kappa shape index (κ3) is 5.52. The van der Waals surface area contributed by atoms with Gasteiger partial charge in [0.15, 0.2) is 33.1 Å². The molecule has 1 amide bonds. The van der Waals surface area contributed by atoms with E-state index in [0.717, 1.165) is 6.26 Å². The van der Waals surface area contributed by atoms with E-state index in [1.165, 1.54) is 29.4 Å². The van der Waals surface area contributed by atoms with Crippen LogP contribution in [0.1, 0.15) is 0 Å². The predicted molar refractivity (Wildman–Crippen MR) is 122 cm³/mol. The highest BCUT2D eigenvalue weighted by atomic mass is 32.2. The number of fused-ring (bicyclic) bond motifs is 1. The Hall–Kier alpha value is -2.69. The number of amides is 1. The van der Waals surface area contributed by atoms with Crippen molar-refractivity contribution in [1.82, 2.24) is 9.88 Å². The van der Waals surface area contributed by atoms with E-state index in [4.69, 9.17) is 9.47 Å². The molecule has 0 aliphatic rings. The fourth-order valence-electron chi connectivity index (χ4n) is 2.91. The number of carbonyl (C=O) groups excluding carboxylic acids is 1. The minimum atomic E-state index is -3.45. The molecule has 0 radical (unpaired) electrons. The minimum absolute atomic E-state index is 0.151. The van der Waals surface area contributed by atoms with E-state index < -0.39 is 9.84 Å². The number of likely N-dealkylation sites (N-methyl/N-ethyl adjacent to an activating group) is 1. The maximum absolute atomic E-state index is 13.1. The molecule has 2 aromatic carbocycles. The van der Waals surface area contributed by atoms with E-state index in [-0.39, 0.29) is 17.4 Å². The number of rotatable bonds is 9. The highest BCUT2D eigenvalue weighted by molar-refractivity contribution is 7.91. The number of nitrogens with zero attached hydrogens (tertiary/aromatic N) is 3. The largest absolute Gasteiger partial charge is 0.493 e. The number of thiazole rings is 1. The topological polar surface area (TPSA) is 89.0 Å². The third-order valence-electron chi connectivity index (χ3n) is 4.49. The molecule has 0 atom stereocenters. The molecule has 1 aromatic heterocycles. The molecule has 0 saturated heterocycles. The van der Waals surface area contributed by atoms with E-state index in [9.17, 15) is 13.2 Å². The highest BCUT2D eigenvalue weighted by Crippen LogP contribution is 2.33. The first-order valence-corrected chi connectivity index (χ1v) is 12.2. The number of carbonyl (C=O) groups is 1. The lowest BCUT2D eigenvalue weighted by atomic mass is 10.3. The van der Waals surface area contributed by atoms with Crippen molar-refractivity contribution in [3.8, 4) is 11.5 Å². The minimum Gasteiger partial charge on any atom is -0.493 e. The van der Waals surface area contributed by atoms with Gasteiger partial charge in [0.05, 0.1) is 16.7 Å². The number of aromatic nitrogens is 1. The Morgan fingerprint density at radius 1 is 1.06 bits per heavy atom. The Bertz CT molecular complexity index is 1170. The van der Waals surface area contributed by atoms with E-state index in [0.29, 0.717) is 39.9 Å². The van der Waals surface area contributed by atoms with Crippen molar-refractivity contribution in [2.75, 3.05) is 52.1 Å². The van der Waals surface area contributed by atoms with Gasteiger partial charge in [-0.1, -0.05) is 29.5 Å². The molecule has 10 heteroatoms. The molecule has 1 heterocycles. The molecule has 0 aliphatic heterocycles. The highest BCUT2D eigenvalue weighted by Gasteiger charge is 2.23. The third-order valence-corrected chi connectivity index (χ3v) is 6.67. The average Bonchev–Trinajstić information content (AvgIpc) is 3.15. The van der Waals surface area contributed by atoms with Crippen molar-refractivity contribution < 1.29 is 22.7 Å². The molecule has 0 bridgehead atoms. The lowest BCUT2D eigenvalue weighted by molar-refractivity contribution is -0.120. The molecule has 166 valence electrons. The zero-order valence-electron chi connectivity index (χ0n) is 17.9. The maximum atomic E-state index is 13.1. The van der Waals surface area contributed by atoms with Crippen LogP contribution in [0.25, 0.3) is 10.2 Å². The van der Waals surface area contributed by atoms with Crippen LogP contribution in [-0.2, 0) is 14.6 Å². The van der Waals surface area contributed by atoms with E-state index in [2.05, 4.69) is 4.98 Å². The molecule has 0 spiro atoms. The lowest BCUT2D eigenvalue weighted by Crippen LogP contribution is -2.39. The van der Waals surface area contributed by atoms with Gasteiger partial charge in [0, 0.05) is 19.3 Å². The zero-order chi connectivity index (χ0) is 22.6. The summed E-state index contributed by atoms with van der Waals surface area (Å²) in [6.07, 6.45) is 1.15. The van der Waals surface area contributed by atoms with Crippen LogP contribution >= 0.6 is 11.3 Å². The number of sulfone groups is 1. The molecule has 0 unspecified atom stereocenters. The number of anilines is 1. The summed E-state index contributed by atoms with van der Waals surface area (Å²) in [5, 5.41) is 0.432. The summed E-state index contributed by atoms with van der Waals surface area (Å²) in [5.41, 5.74) is 0.373. The molecule has 8 nitrogen and oxygen atoms in total. The molecule has 0 N–H and O–H groups in total. The Labute approximate surface area is 185 Å². The second-order valence-electron chi connectivity index (χ2n) is 7.16. The quantitative estimate of drug-likeness (QED) is 0.482. The van der Waals surface area contributed by atoms with Gasteiger partial charge in [0.1, 0.15) is 5.52 Å². The standard InChI is InChI=1S/C21H25N3O5S2/c1-23(2)12-13-24(19(25)14-29-16-9-6-5-8-15(16)28-3)21-22-20-17(30-21)10-7-11-18(20)31(4,26)27/h5-11H,12-14H2,1-4H3. The van der Waals surface area contributed by atoms with Gasteiger partial charge in [-0.25, -0.2) is 13.4 Å². The van der Waals surface area contributed by atoms with Gasteiger partial charge < -0.3 is 14.4 Å². The maximum Gasteiger partial charge on any atom is 0.266 e. The van der Waals surface area contributed by atoms with Crippen LogP contribution in [0, 0.1) is 0 Å². The summed E-state index contributed by atoms with van der Waals surface area (Å²) in [7, 11) is 1.91. The summed E-state index contributed by atoms with van der Waals surface area (Å²) in [6.45, 7) is 0.785. The summed E-state index contributed by atoms with van der Waals surface area (Å²) in [6, 6.07) is 12.1. The Morgan fingerprint density at radius 3 is 2.42 bits per heavy atom. The number of hydrogen-bond acceptors (Lipinski definition) is 8. The van der Waals surface area contributed by atoms with Crippen LogP contribution in [0.2, 0.25) is 0 Å². The van der Waals surface area contributed by atoms with Gasteiger partial charge in [0.25, 0.3) is 5.91 Å². The van der Waals surface area contributed by atoms with Gasteiger partial charge in [-0.15, -0.1) is 0 Å². The zero-order valence-corrected chi connectivity index (χ0v) is 19.5. The fraction of sp³-hybridized carbons (Fsp3) is 0.333.